The van der Waals surface area contributed by atoms with Gasteiger partial charge < -0.3 is 10.2 Å². The van der Waals surface area contributed by atoms with Gasteiger partial charge in [-0.1, -0.05) is 0 Å². The van der Waals surface area contributed by atoms with Crippen LogP contribution >= 0.6 is 0 Å². The van der Waals surface area contributed by atoms with E-state index < -0.39 is 0 Å². The van der Waals surface area contributed by atoms with Gasteiger partial charge in [0.05, 0.1) is 0 Å². The number of rotatable bonds is 4. The molecular formula is C25H33FN2O2. The van der Waals surface area contributed by atoms with E-state index in [1.54, 1.807) is 4.90 Å². The lowest BCUT2D eigenvalue weighted by Gasteiger charge is -2.59. The van der Waals surface area contributed by atoms with Crippen LogP contribution in [0.4, 0.5) is 4.39 Å². The molecule has 0 aromatic heterocycles. The quantitative estimate of drug-likeness (QED) is 0.797. The average Bonchev–Trinajstić information content (AvgIpc) is 2.73. The summed E-state index contributed by atoms with van der Waals surface area (Å²) >= 11 is 0. The second-order valence-corrected chi connectivity index (χ2v) is 10.6. The topological polar surface area (TPSA) is 49.4 Å². The Hall–Kier alpha value is -1.91. The van der Waals surface area contributed by atoms with Gasteiger partial charge in [0.2, 0.25) is 5.91 Å². The van der Waals surface area contributed by atoms with E-state index in [9.17, 15) is 14.0 Å². The molecule has 162 valence electrons. The van der Waals surface area contributed by atoms with E-state index in [1.165, 1.54) is 62.8 Å². The third-order valence-electron chi connectivity index (χ3n) is 8.61. The molecule has 1 unspecified atom stereocenters. The first-order valence-electron chi connectivity index (χ1n) is 11.8. The van der Waals surface area contributed by atoms with E-state index in [0.29, 0.717) is 36.9 Å². The highest BCUT2D eigenvalue weighted by atomic mass is 19.1. The molecular weight excluding hydrogens is 379 g/mol. The van der Waals surface area contributed by atoms with Gasteiger partial charge in [-0.25, -0.2) is 4.39 Å². The molecule has 4 saturated carbocycles. The molecule has 0 radical (unpaired) electrons. The third kappa shape index (κ3) is 3.65. The summed E-state index contributed by atoms with van der Waals surface area (Å²) in [5.41, 5.74) is 0.832. The average molecular weight is 413 g/mol. The Morgan fingerprint density at radius 2 is 1.53 bits per heavy atom. The molecule has 1 aromatic rings. The second-order valence-electron chi connectivity index (χ2n) is 10.6. The van der Waals surface area contributed by atoms with E-state index in [4.69, 9.17) is 0 Å². The number of hydrogen-bond donors (Lipinski definition) is 1. The zero-order valence-electron chi connectivity index (χ0n) is 17.9. The Labute approximate surface area is 178 Å². The van der Waals surface area contributed by atoms with Crippen molar-refractivity contribution < 1.29 is 14.0 Å². The normalized spacial score (nSPS) is 34.1. The van der Waals surface area contributed by atoms with E-state index in [1.807, 2.05) is 0 Å². The van der Waals surface area contributed by atoms with Crippen LogP contribution in [-0.2, 0) is 4.79 Å². The van der Waals surface area contributed by atoms with E-state index >= 15 is 0 Å². The number of carbonyl (C=O) groups excluding carboxylic acids is 2. The van der Waals surface area contributed by atoms with Gasteiger partial charge in [-0.3, -0.25) is 9.59 Å². The highest BCUT2D eigenvalue weighted by Crippen LogP contribution is 2.61. The van der Waals surface area contributed by atoms with E-state index in [0.717, 1.165) is 17.8 Å². The van der Waals surface area contributed by atoms with Crippen molar-refractivity contribution in [1.82, 2.24) is 10.2 Å². The SMILES string of the molecule is CC(NC(=O)C1CCN(C(=O)c2ccc(F)cc2)CC1)C12CC3CC(CC(C3)C1)C2. The van der Waals surface area contributed by atoms with Crippen molar-refractivity contribution in [2.75, 3.05) is 13.1 Å². The van der Waals surface area contributed by atoms with Gasteiger partial charge in [0.25, 0.3) is 5.91 Å². The lowest BCUT2D eigenvalue weighted by atomic mass is 9.48. The molecule has 6 rings (SSSR count). The first-order chi connectivity index (χ1) is 14.4. The molecule has 4 nitrogen and oxygen atoms in total. The summed E-state index contributed by atoms with van der Waals surface area (Å²) in [4.78, 5) is 27.4. The summed E-state index contributed by atoms with van der Waals surface area (Å²) < 4.78 is 13.1. The van der Waals surface area contributed by atoms with Crippen LogP contribution in [0.25, 0.3) is 0 Å². The second kappa shape index (κ2) is 7.65. The van der Waals surface area contributed by atoms with Gasteiger partial charge in [0.1, 0.15) is 5.82 Å². The Kier molecular flexibility index (Phi) is 5.11. The predicted octanol–water partition coefficient (Wildman–Crippen LogP) is 4.40. The summed E-state index contributed by atoms with van der Waals surface area (Å²) in [7, 11) is 0. The Morgan fingerprint density at radius 3 is 2.07 bits per heavy atom. The Bertz CT molecular complexity index is 778. The number of halogens is 1. The Balaban J connectivity index is 1.15. The number of piperidine rings is 1. The fraction of sp³-hybridized carbons (Fsp3) is 0.680. The molecule has 2 amide bonds. The smallest absolute Gasteiger partial charge is 0.253 e. The zero-order chi connectivity index (χ0) is 20.9. The summed E-state index contributed by atoms with van der Waals surface area (Å²) in [5, 5.41) is 3.40. The molecule has 1 aliphatic heterocycles. The highest BCUT2D eigenvalue weighted by molar-refractivity contribution is 5.94. The molecule has 5 heteroatoms. The van der Waals surface area contributed by atoms with Gasteiger partial charge in [-0.2, -0.15) is 0 Å². The molecule has 1 aromatic carbocycles. The van der Waals surface area contributed by atoms with Crippen molar-refractivity contribution in [1.29, 1.82) is 0 Å². The van der Waals surface area contributed by atoms with Crippen LogP contribution in [0.1, 0.15) is 68.6 Å². The van der Waals surface area contributed by atoms with Crippen LogP contribution in [0.5, 0.6) is 0 Å². The van der Waals surface area contributed by atoms with Crippen LogP contribution in [0.15, 0.2) is 24.3 Å². The van der Waals surface area contributed by atoms with Crippen molar-refractivity contribution in [2.24, 2.45) is 29.1 Å². The number of hydrogen-bond acceptors (Lipinski definition) is 2. The van der Waals surface area contributed by atoms with Crippen molar-refractivity contribution in [3.05, 3.63) is 35.6 Å². The number of carbonyl (C=O) groups is 2. The molecule has 1 saturated heterocycles. The van der Waals surface area contributed by atoms with Crippen molar-refractivity contribution in [2.45, 2.75) is 64.3 Å². The molecule has 4 bridgehead atoms. The lowest BCUT2D eigenvalue weighted by molar-refractivity contribution is -0.131. The minimum Gasteiger partial charge on any atom is -0.353 e. The molecule has 5 fully saturated rings. The number of amides is 2. The molecule has 30 heavy (non-hydrogen) atoms. The largest absolute Gasteiger partial charge is 0.353 e. The predicted molar refractivity (Wildman–Crippen MR) is 113 cm³/mol. The molecule has 1 N–H and O–H groups in total. The maximum absolute atomic E-state index is 13.1. The summed E-state index contributed by atoms with van der Waals surface area (Å²) in [5.74, 6) is 2.40. The van der Waals surface area contributed by atoms with Crippen molar-refractivity contribution in [3.63, 3.8) is 0 Å². The molecule has 4 aliphatic carbocycles. The number of nitrogens with zero attached hydrogens (tertiary/aromatic N) is 1. The van der Waals surface area contributed by atoms with E-state index in [-0.39, 0.29) is 29.6 Å². The first kappa shape index (κ1) is 20.0. The zero-order valence-corrected chi connectivity index (χ0v) is 17.9. The van der Waals surface area contributed by atoms with E-state index in [2.05, 4.69) is 12.2 Å². The van der Waals surface area contributed by atoms with Gasteiger partial charge >= 0.3 is 0 Å². The molecule has 0 spiro atoms. The van der Waals surface area contributed by atoms with Crippen LogP contribution in [0, 0.1) is 34.9 Å². The van der Waals surface area contributed by atoms with Gasteiger partial charge in [0, 0.05) is 30.6 Å². The van der Waals surface area contributed by atoms with Crippen molar-refractivity contribution >= 4 is 11.8 Å². The van der Waals surface area contributed by atoms with Gasteiger partial charge in [-0.15, -0.1) is 0 Å². The van der Waals surface area contributed by atoms with Gasteiger partial charge in [0.15, 0.2) is 0 Å². The first-order valence-corrected chi connectivity index (χ1v) is 11.8. The minimum absolute atomic E-state index is 0.0152. The maximum Gasteiger partial charge on any atom is 0.253 e. The Morgan fingerprint density at radius 1 is 1.00 bits per heavy atom. The van der Waals surface area contributed by atoms with Crippen molar-refractivity contribution in [3.8, 4) is 0 Å². The molecule has 5 aliphatic rings. The lowest BCUT2D eigenvalue weighted by Crippen LogP contribution is -2.56. The van der Waals surface area contributed by atoms with Crippen LogP contribution in [0.2, 0.25) is 0 Å². The number of nitrogens with one attached hydrogen (secondary N) is 1. The minimum atomic E-state index is -0.338. The summed E-state index contributed by atoms with van der Waals surface area (Å²) in [6.07, 6.45) is 9.54. The van der Waals surface area contributed by atoms with Crippen LogP contribution in [0.3, 0.4) is 0 Å². The number of likely N-dealkylation sites (tertiary alicyclic amines) is 1. The number of benzene rings is 1. The maximum atomic E-state index is 13.1. The van der Waals surface area contributed by atoms with Gasteiger partial charge in [-0.05, 0) is 106 Å². The molecule has 1 heterocycles. The third-order valence-corrected chi connectivity index (χ3v) is 8.61. The standard InChI is InChI=1S/C25H33FN2O2/c1-16(25-13-17-10-18(14-25)12-19(11-17)15-25)27-23(29)20-6-8-28(9-7-20)24(30)21-2-4-22(26)5-3-21/h2-5,16-20H,6-15H2,1H3,(H,27,29). The van der Waals surface area contributed by atoms with Crippen LogP contribution < -0.4 is 5.32 Å². The van der Waals surface area contributed by atoms with Crippen LogP contribution in [-0.4, -0.2) is 35.8 Å². The fourth-order valence-corrected chi connectivity index (χ4v) is 7.31. The molecule has 1 atom stereocenters. The summed E-state index contributed by atoms with van der Waals surface area (Å²) in [6, 6.07) is 5.95. The fourth-order valence-electron chi connectivity index (χ4n) is 7.31. The highest BCUT2D eigenvalue weighted by Gasteiger charge is 2.53. The summed E-state index contributed by atoms with van der Waals surface area (Å²) in [6.45, 7) is 3.40. The monoisotopic (exact) mass is 412 g/mol.